The summed E-state index contributed by atoms with van der Waals surface area (Å²) in [4.78, 5) is 11.1. The Labute approximate surface area is 78.7 Å². The number of rotatable bonds is 0. The maximum atomic E-state index is 11.1. The van der Waals surface area contributed by atoms with Crippen LogP contribution in [0.5, 0.6) is 5.75 Å². The fourth-order valence-corrected chi connectivity index (χ4v) is 2.14. The van der Waals surface area contributed by atoms with Crippen LogP contribution >= 0.6 is 18.2 Å². The maximum Gasteiger partial charge on any atom is 0.532 e. The van der Waals surface area contributed by atoms with Gasteiger partial charge in [-0.1, -0.05) is 12.1 Å². The van der Waals surface area contributed by atoms with Crippen molar-refractivity contribution in [1.82, 2.24) is 0 Å². The lowest BCUT2D eigenvalue weighted by Gasteiger charge is -2.19. The first-order chi connectivity index (χ1) is 6.08. The molecule has 1 atom stereocenters. The molecule has 1 aromatic rings. The number of carbonyl (C=O) groups is 1. The van der Waals surface area contributed by atoms with Gasteiger partial charge in [-0.15, -0.1) is 0 Å². The molecule has 1 heterocycles. The topological polar surface area (TPSA) is 52.6 Å². The lowest BCUT2D eigenvalue weighted by atomic mass is 10.2. The predicted octanol–water partition coefficient (Wildman–Crippen LogP) is 2.58. The highest BCUT2D eigenvalue weighted by Gasteiger charge is 2.35. The van der Waals surface area contributed by atoms with Crippen LogP contribution in [0.3, 0.4) is 0 Å². The van der Waals surface area contributed by atoms with Crippen LogP contribution in [0.25, 0.3) is 0 Å². The molecule has 1 aliphatic heterocycles. The van der Waals surface area contributed by atoms with Gasteiger partial charge in [0.1, 0.15) is 11.3 Å². The summed E-state index contributed by atoms with van der Waals surface area (Å²) in [6, 6.07) is 6.31. The van der Waals surface area contributed by atoms with E-state index in [1.807, 2.05) is 0 Å². The summed E-state index contributed by atoms with van der Waals surface area (Å²) in [6.45, 7) is -3.75. The van der Waals surface area contributed by atoms with Gasteiger partial charge in [-0.3, -0.25) is 0 Å². The van der Waals surface area contributed by atoms with Crippen LogP contribution in [0.2, 0.25) is 0 Å². The van der Waals surface area contributed by atoms with E-state index in [0.29, 0.717) is 0 Å². The minimum absolute atomic E-state index is 0.192. The molecule has 1 aromatic carbocycles. The molecule has 0 saturated heterocycles. The molecule has 0 N–H and O–H groups in total. The van der Waals surface area contributed by atoms with Gasteiger partial charge in [-0.2, -0.15) is 0 Å². The molecule has 2 rings (SSSR count). The molecule has 68 valence electrons. The van der Waals surface area contributed by atoms with E-state index in [2.05, 4.69) is 4.52 Å². The average Bonchev–Trinajstić information content (AvgIpc) is 2.02. The van der Waals surface area contributed by atoms with E-state index in [4.69, 9.17) is 15.8 Å². The van der Waals surface area contributed by atoms with E-state index in [9.17, 15) is 9.36 Å². The highest BCUT2D eigenvalue weighted by Crippen LogP contribution is 2.57. The van der Waals surface area contributed by atoms with E-state index in [-0.39, 0.29) is 11.3 Å². The van der Waals surface area contributed by atoms with Crippen molar-refractivity contribution >= 4 is 24.2 Å². The van der Waals surface area contributed by atoms with Gasteiger partial charge in [0.2, 0.25) is 0 Å². The Morgan fingerprint density at radius 3 is 2.69 bits per heavy atom. The molecule has 6 heteroatoms. The second-order valence-corrected chi connectivity index (χ2v) is 4.87. The van der Waals surface area contributed by atoms with Gasteiger partial charge in [-0.25, -0.2) is 9.36 Å². The first kappa shape index (κ1) is 8.60. The van der Waals surface area contributed by atoms with E-state index < -0.39 is 12.9 Å². The van der Waals surface area contributed by atoms with Crippen LogP contribution < -0.4 is 4.52 Å². The highest BCUT2D eigenvalue weighted by atomic mass is 35.7. The molecule has 0 aromatic heterocycles. The smallest absolute Gasteiger partial charge is 0.404 e. The molecule has 4 nitrogen and oxygen atoms in total. The predicted molar refractivity (Wildman–Crippen MR) is 45.9 cm³/mol. The highest BCUT2D eigenvalue weighted by molar-refractivity contribution is 7.82. The fourth-order valence-electron chi connectivity index (χ4n) is 0.999. The zero-order chi connectivity index (χ0) is 9.47. The Bertz CT molecular complexity index is 417. The summed E-state index contributed by atoms with van der Waals surface area (Å²) in [7, 11) is 0. The summed E-state index contributed by atoms with van der Waals surface area (Å²) in [6.07, 6.45) is 0. The molecular weight excluding hydrogens is 214 g/mol. The Morgan fingerprint density at radius 2 is 1.92 bits per heavy atom. The van der Waals surface area contributed by atoms with Gasteiger partial charge in [0, 0.05) is 11.2 Å². The number of hydrogen-bond acceptors (Lipinski definition) is 4. The molecule has 0 fully saturated rings. The van der Waals surface area contributed by atoms with E-state index in [1.165, 1.54) is 12.1 Å². The summed E-state index contributed by atoms with van der Waals surface area (Å²) >= 11 is 5.28. The van der Waals surface area contributed by atoms with Crippen LogP contribution in [0, 0.1) is 0 Å². The third-order valence-electron chi connectivity index (χ3n) is 1.51. The largest absolute Gasteiger partial charge is 0.532 e. The van der Waals surface area contributed by atoms with Crippen molar-refractivity contribution in [2.24, 2.45) is 0 Å². The van der Waals surface area contributed by atoms with Crippen LogP contribution in [0.4, 0.5) is 0 Å². The zero-order valence-electron chi connectivity index (χ0n) is 6.27. The van der Waals surface area contributed by atoms with Gasteiger partial charge >= 0.3 is 12.9 Å². The normalized spacial score (nSPS) is 25.8. The van der Waals surface area contributed by atoms with Gasteiger partial charge in [-0.05, 0) is 12.1 Å². The number of para-hydroxylation sites is 1. The van der Waals surface area contributed by atoms with Crippen molar-refractivity contribution < 1.29 is 18.4 Å². The molecule has 0 amide bonds. The minimum Gasteiger partial charge on any atom is -0.404 e. The number of halogens is 1. The maximum absolute atomic E-state index is 11.1. The van der Waals surface area contributed by atoms with Gasteiger partial charge in [0.15, 0.2) is 0 Å². The van der Waals surface area contributed by atoms with Crippen molar-refractivity contribution in [3.63, 3.8) is 0 Å². The van der Waals surface area contributed by atoms with Crippen molar-refractivity contribution in [3.05, 3.63) is 29.8 Å². The first-order valence-electron chi connectivity index (χ1n) is 3.41. The monoisotopic (exact) mass is 218 g/mol. The molecule has 0 aliphatic carbocycles. The average molecular weight is 219 g/mol. The quantitative estimate of drug-likeness (QED) is 0.628. The van der Waals surface area contributed by atoms with Crippen molar-refractivity contribution in [2.75, 3.05) is 0 Å². The molecule has 0 unspecified atom stereocenters. The van der Waals surface area contributed by atoms with Crippen molar-refractivity contribution in [3.8, 4) is 5.75 Å². The van der Waals surface area contributed by atoms with Gasteiger partial charge < -0.3 is 9.05 Å². The number of benzene rings is 1. The van der Waals surface area contributed by atoms with Crippen molar-refractivity contribution in [2.45, 2.75) is 0 Å². The third-order valence-corrected chi connectivity index (χ3v) is 2.72. The number of fused-ring (bicyclic) bond motifs is 1. The Morgan fingerprint density at radius 1 is 1.23 bits per heavy atom. The second kappa shape index (κ2) is 2.76. The molecular formula is C7H4ClO4P. The summed E-state index contributed by atoms with van der Waals surface area (Å²) in [5, 5.41) is 0. The van der Waals surface area contributed by atoms with E-state index in [1.54, 1.807) is 12.1 Å². The summed E-state index contributed by atoms with van der Waals surface area (Å²) in [5.74, 6) is -0.530. The summed E-state index contributed by atoms with van der Waals surface area (Å²) in [5.41, 5.74) is 0.231. The van der Waals surface area contributed by atoms with Crippen molar-refractivity contribution in [1.29, 1.82) is 0 Å². The van der Waals surface area contributed by atoms with Gasteiger partial charge in [0.25, 0.3) is 0 Å². The standard InChI is InChI=1S/C7H4ClO4P/c8-13(10)11-6-4-2-1-3-5(6)7(9)12-13/h1-4H/t13-/m1/s1. The molecule has 0 saturated carbocycles. The lowest BCUT2D eigenvalue weighted by molar-refractivity contribution is 0.0707. The third kappa shape index (κ3) is 1.55. The zero-order valence-corrected chi connectivity index (χ0v) is 7.92. The van der Waals surface area contributed by atoms with Crippen LogP contribution in [-0.2, 0) is 9.09 Å². The molecule has 0 spiro atoms. The molecule has 1 aliphatic rings. The Kier molecular flexibility index (Phi) is 1.82. The Balaban J connectivity index is 2.55. The van der Waals surface area contributed by atoms with Crippen LogP contribution in [-0.4, -0.2) is 5.97 Å². The number of hydrogen-bond donors (Lipinski definition) is 0. The van der Waals surface area contributed by atoms with Crippen LogP contribution in [0.1, 0.15) is 10.4 Å². The van der Waals surface area contributed by atoms with E-state index >= 15 is 0 Å². The lowest BCUT2D eigenvalue weighted by Crippen LogP contribution is -2.11. The molecule has 13 heavy (non-hydrogen) atoms. The Hall–Kier alpha value is -0.990. The summed E-state index contributed by atoms with van der Waals surface area (Å²) < 4.78 is 20.2. The second-order valence-electron chi connectivity index (χ2n) is 2.40. The van der Waals surface area contributed by atoms with Gasteiger partial charge in [0.05, 0.1) is 0 Å². The minimum atomic E-state index is -3.75. The SMILES string of the molecule is O=C1O[P@@](=O)(Cl)Oc2ccccc21. The molecule has 0 bridgehead atoms. The van der Waals surface area contributed by atoms with Crippen LogP contribution in [0.15, 0.2) is 24.3 Å². The van der Waals surface area contributed by atoms with E-state index in [0.717, 1.165) is 0 Å². The first-order valence-corrected chi connectivity index (χ1v) is 5.85. The molecule has 0 radical (unpaired) electrons. The number of carbonyl (C=O) groups excluding carboxylic acids is 1. The fraction of sp³-hybridized carbons (Fsp3) is 0.